The Hall–Kier alpha value is -1.55. The zero-order chi connectivity index (χ0) is 15.5. The largest absolute Gasteiger partial charge is 0.491 e. The number of para-hydroxylation sites is 1. The van der Waals surface area contributed by atoms with Crippen LogP contribution in [0.25, 0.3) is 0 Å². The molecule has 21 heavy (non-hydrogen) atoms. The molecule has 1 unspecified atom stereocenters. The number of hydrogen-bond acceptors (Lipinski definition) is 3. The third-order valence-corrected chi connectivity index (χ3v) is 3.45. The molecule has 0 heterocycles. The minimum Gasteiger partial charge on any atom is -0.491 e. The van der Waals surface area contributed by atoms with Gasteiger partial charge in [-0.3, -0.25) is 0 Å². The van der Waals surface area contributed by atoms with Crippen molar-refractivity contribution >= 4 is 5.97 Å². The van der Waals surface area contributed by atoms with Gasteiger partial charge in [0.05, 0.1) is 0 Å². The first-order valence-electron chi connectivity index (χ1n) is 7.87. The fourth-order valence-electron chi connectivity index (χ4n) is 2.34. The van der Waals surface area contributed by atoms with E-state index in [4.69, 9.17) is 9.84 Å². The highest BCUT2D eigenvalue weighted by atomic mass is 16.5. The summed E-state index contributed by atoms with van der Waals surface area (Å²) < 4.78 is 5.59. The van der Waals surface area contributed by atoms with Crippen molar-refractivity contribution in [3.8, 4) is 5.75 Å². The Morgan fingerprint density at radius 2 is 2.00 bits per heavy atom. The van der Waals surface area contributed by atoms with Crippen molar-refractivity contribution in [1.82, 2.24) is 5.32 Å². The lowest BCUT2D eigenvalue weighted by Gasteiger charge is -2.18. The summed E-state index contributed by atoms with van der Waals surface area (Å²) in [5, 5.41) is 12.6. The van der Waals surface area contributed by atoms with Gasteiger partial charge in [0.25, 0.3) is 0 Å². The van der Waals surface area contributed by atoms with E-state index in [1.807, 2.05) is 0 Å². The molecule has 1 aromatic carbocycles. The molecule has 118 valence electrons. The lowest BCUT2D eigenvalue weighted by Crippen LogP contribution is -2.32. The number of carbonyl (C=O) groups is 1. The highest BCUT2D eigenvalue weighted by molar-refractivity contribution is 5.90. The van der Waals surface area contributed by atoms with E-state index in [0.717, 1.165) is 6.54 Å². The van der Waals surface area contributed by atoms with Crippen molar-refractivity contribution in [3.63, 3.8) is 0 Å². The van der Waals surface area contributed by atoms with Crippen molar-refractivity contribution in [2.24, 2.45) is 0 Å². The van der Waals surface area contributed by atoms with Crippen LogP contribution in [0.3, 0.4) is 0 Å². The predicted octanol–water partition coefficient (Wildman–Crippen LogP) is 3.71. The van der Waals surface area contributed by atoms with Crippen LogP contribution in [0, 0.1) is 0 Å². The fraction of sp³-hybridized carbons (Fsp3) is 0.588. The van der Waals surface area contributed by atoms with E-state index in [1.165, 1.54) is 32.1 Å². The molecule has 0 aliphatic carbocycles. The number of carboxylic acids is 1. The second kappa shape index (κ2) is 10.2. The predicted molar refractivity (Wildman–Crippen MR) is 85.1 cm³/mol. The first kappa shape index (κ1) is 17.5. The first-order chi connectivity index (χ1) is 10.2. The molecular weight excluding hydrogens is 266 g/mol. The van der Waals surface area contributed by atoms with E-state index in [-0.39, 0.29) is 5.56 Å². The molecule has 0 saturated heterocycles. The van der Waals surface area contributed by atoms with E-state index < -0.39 is 5.97 Å². The Morgan fingerprint density at radius 3 is 2.67 bits per heavy atom. The Balaban J connectivity index is 2.37. The van der Waals surface area contributed by atoms with Crippen molar-refractivity contribution in [1.29, 1.82) is 0 Å². The van der Waals surface area contributed by atoms with Crippen molar-refractivity contribution in [2.75, 3.05) is 13.2 Å². The molecule has 0 amide bonds. The van der Waals surface area contributed by atoms with Gasteiger partial charge in [-0.25, -0.2) is 4.79 Å². The van der Waals surface area contributed by atoms with Crippen LogP contribution in [-0.4, -0.2) is 30.3 Å². The Labute approximate surface area is 127 Å². The number of benzene rings is 1. The molecule has 0 radical (unpaired) electrons. The van der Waals surface area contributed by atoms with Gasteiger partial charge in [-0.1, -0.05) is 45.2 Å². The summed E-state index contributed by atoms with van der Waals surface area (Å²) in [5.41, 5.74) is 0.216. The molecule has 2 N–H and O–H groups in total. The van der Waals surface area contributed by atoms with E-state index in [0.29, 0.717) is 18.4 Å². The number of unbranched alkanes of at least 4 members (excludes halogenated alkanes) is 1. The fourth-order valence-corrected chi connectivity index (χ4v) is 2.34. The molecule has 0 spiro atoms. The van der Waals surface area contributed by atoms with Crippen LogP contribution < -0.4 is 10.1 Å². The maximum atomic E-state index is 11.1. The summed E-state index contributed by atoms with van der Waals surface area (Å²) >= 11 is 0. The van der Waals surface area contributed by atoms with Crippen molar-refractivity contribution < 1.29 is 14.6 Å². The zero-order valence-electron chi connectivity index (χ0n) is 13.1. The molecule has 1 aromatic rings. The van der Waals surface area contributed by atoms with Gasteiger partial charge >= 0.3 is 5.97 Å². The number of nitrogens with one attached hydrogen (secondary N) is 1. The summed E-state index contributed by atoms with van der Waals surface area (Å²) in [6.45, 7) is 5.62. The molecule has 0 aromatic heterocycles. The molecule has 4 heteroatoms. The Morgan fingerprint density at radius 1 is 1.24 bits per heavy atom. The van der Waals surface area contributed by atoms with Gasteiger partial charge in [-0.2, -0.15) is 0 Å². The van der Waals surface area contributed by atoms with Crippen molar-refractivity contribution in [2.45, 2.75) is 52.0 Å². The minimum atomic E-state index is -0.953. The quantitative estimate of drug-likeness (QED) is 0.611. The number of ether oxygens (including phenoxy) is 1. The lowest BCUT2D eigenvalue weighted by atomic mass is 10.1. The van der Waals surface area contributed by atoms with Gasteiger partial charge < -0.3 is 15.2 Å². The summed E-state index contributed by atoms with van der Waals surface area (Å²) in [7, 11) is 0. The van der Waals surface area contributed by atoms with E-state index in [2.05, 4.69) is 19.2 Å². The second-order valence-corrected chi connectivity index (χ2v) is 5.23. The smallest absolute Gasteiger partial charge is 0.339 e. The molecule has 0 saturated carbocycles. The summed E-state index contributed by atoms with van der Waals surface area (Å²) in [6, 6.07) is 7.29. The van der Waals surface area contributed by atoms with Gasteiger partial charge in [-0.05, 0) is 25.0 Å². The maximum Gasteiger partial charge on any atom is 0.339 e. The topological polar surface area (TPSA) is 58.6 Å². The van der Waals surface area contributed by atoms with Crippen LogP contribution in [0.1, 0.15) is 56.3 Å². The van der Waals surface area contributed by atoms with Crippen LogP contribution in [0.15, 0.2) is 24.3 Å². The van der Waals surface area contributed by atoms with Crippen molar-refractivity contribution in [3.05, 3.63) is 29.8 Å². The highest BCUT2D eigenvalue weighted by Crippen LogP contribution is 2.17. The first-order valence-corrected chi connectivity index (χ1v) is 7.87. The molecule has 0 aliphatic rings. The van der Waals surface area contributed by atoms with Crippen LogP contribution in [0.2, 0.25) is 0 Å². The highest BCUT2D eigenvalue weighted by Gasteiger charge is 2.10. The Kier molecular flexibility index (Phi) is 8.51. The van der Waals surface area contributed by atoms with Crippen LogP contribution in [0.4, 0.5) is 0 Å². The summed E-state index contributed by atoms with van der Waals surface area (Å²) in [6.07, 6.45) is 5.98. The second-order valence-electron chi connectivity index (χ2n) is 5.23. The van der Waals surface area contributed by atoms with Crippen LogP contribution >= 0.6 is 0 Å². The molecule has 4 nitrogen and oxygen atoms in total. The monoisotopic (exact) mass is 293 g/mol. The SMILES string of the molecule is CCCCC(CCC)NCCOc1ccccc1C(=O)O. The van der Waals surface area contributed by atoms with Gasteiger partial charge in [-0.15, -0.1) is 0 Å². The number of aromatic carboxylic acids is 1. The number of hydrogen-bond donors (Lipinski definition) is 2. The standard InChI is InChI=1S/C17H27NO3/c1-3-5-9-14(8-4-2)18-12-13-21-16-11-7-6-10-15(16)17(19)20/h6-7,10-11,14,18H,3-5,8-9,12-13H2,1-2H3,(H,19,20). The van der Waals surface area contributed by atoms with Gasteiger partial charge in [0.1, 0.15) is 17.9 Å². The molecule has 1 rings (SSSR count). The summed E-state index contributed by atoms with van der Waals surface area (Å²) in [4.78, 5) is 11.1. The normalized spacial score (nSPS) is 12.1. The number of rotatable bonds is 11. The third-order valence-electron chi connectivity index (χ3n) is 3.45. The van der Waals surface area contributed by atoms with E-state index in [9.17, 15) is 4.79 Å². The maximum absolute atomic E-state index is 11.1. The lowest BCUT2D eigenvalue weighted by molar-refractivity contribution is 0.0692. The average molecular weight is 293 g/mol. The van der Waals surface area contributed by atoms with E-state index in [1.54, 1.807) is 24.3 Å². The third kappa shape index (κ3) is 6.63. The molecule has 0 aliphatic heterocycles. The van der Waals surface area contributed by atoms with Gasteiger partial charge in [0.15, 0.2) is 0 Å². The van der Waals surface area contributed by atoms with Gasteiger partial charge in [0, 0.05) is 12.6 Å². The number of carboxylic acid groups (broad SMARTS) is 1. The molecule has 0 bridgehead atoms. The van der Waals surface area contributed by atoms with Crippen LogP contribution in [-0.2, 0) is 0 Å². The molecule has 1 atom stereocenters. The van der Waals surface area contributed by atoms with Gasteiger partial charge in [0.2, 0.25) is 0 Å². The minimum absolute atomic E-state index is 0.216. The Bertz CT molecular complexity index is 420. The molecule has 0 fully saturated rings. The molecular formula is C17H27NO3. The van der Waals surface area contributed by atoms with Crippen LogP contribution in [0.5, 0.6) is 5.75 Å². The average Bonchev–Trinajstić information content (AvgIpc) is 2.49. The zero-order valence-corrected chi connectivity index (χ0v) is 13.1. The van der Waals surface area contributed by atoms with E-state index >= 15 is 0 Å². The summed E-state index contributed by atoms with van der Waals surface area (Å²) in [5.74, 6) is -0.516.